The second-order valence-electron chi connectivity index (χ2n) is 5.95. The molecule has 22 heavy (non-hydrogen) atoms. The lowest BCUT2D eigenvalue weighted by molar-refractivity contribution is 0.0658. The highest BCUT2D eigenvalue weighted by atomic mass is 16.5. The zero-order valence-corrected chi connectivity index (χ0v) is 13.1. The lowest BCUT2D eigenvalue weighted by Gasteiger charge is -2.22. The number of aliphatic hydroxyl groups is 1. The molecule has 0 spiro atoms. The number of nitrogens with one attached hydrogen (secondary N) is 2. The first-order chi connectivity index (χ1) is 10.7. The van der Waals surface area contributed by atoms with Gasteiger partial charge in [-0.1, -0.05) is 36.8 Å². The van der Waals surface area contributed by atoms with Crippen LogP contribution < -0.4 is 10.6 Å². The van der Waals surface area contributed by atoms with E-state index in [-0.39, 0.29) is 25.2 Å². The van der Waals surface area contributed by atoms with Crippen LogP contribution in [0.5, 0.6) is 0 Å². The number of urea groups is 1. The number of carbonyl (C=O) groups is 1. The Morgan fingerprint density at radius 3 is 2.86 bits per heavy atom. The quantitative estimate of drug-likeness (QED) is 0.718. The molecule has 3 N–H and O–H groups in total. The minimum atomic E-state index is -0.667. The first kappa shape index (κ1) is 16.8. The topological polar surface area (TPSA) is 70.6 Å². The van der Waals surface area contributed by atoms with Crippen LogP contribution in [0.3, 0.4) is 0 Å². The van der Waals surface area contributed by atoms with Crippen molar-refractivity contribution in [3.63, 3.8) is 0 Å². The van der Waals surface area contributed by atoms with Gasteiger partial charge in [-0.25, -0.2) is 4.79 Å². The summed E-state index contributed by atoms with van der Waals surface area (Å²) >= 11 is 0. The van der Waals surface area contributed by atoms with Crippen LogP contribution in [0.15, 0.2) is 30.3 Å². The van der Waals surface area contributed by atoms with Gasteiger partial charge in [-0.2, -0.15) is 0 Å². The van der Waals surface area contributed by atoms with Crippen molar-refractivity contribution in [1.29, 1.82) is 0 Å². The van der Waals surface area contributed by atoms with E-state index in [2.05, 4.69) is 34.9 Å². The Labute approximate surface area is 132 Å². The first-order valence-corrected chi connectivity index (χ1v) is 7.94. The van der Waals surface area contributed by atoms with E-state index >= 15 is 0 Å². The Morgan fingerprint density at radius 1 is 1.36 bits per heavy atom. The lowest BCUT2D eigenvalue weighted by atomic mass is 9.95. The van der Waals surface area contributed by atoms with Crippen molar-refractivity contribution < 1.29 is 14.6 Å². The fourth-order valence-electron chi connectivity index (χ4n) is 3.07. The molecule has 5 heteroatoms. The second-order valence-corrected chi connectivity index (χ2v) is 5.95. The average molecular weight is 306 g/mol. The smallest absolute Gasteiger partial charge is 0.315 e. The van der Waals surface area contributed by atoms with Gasteiger partial charge in [-0.15, -0.1) is 0 Å². The molecule has 1 aromatic rings. The molecule has 2 rings (SSSR count). The normalized spacial score (nSPS) is 22.3. The summed E-state index contributed by atoms with van der Waals surface area (Å²) in [7, 11) is 1.52. The van der Waals surface area contributed by atoms with Gasteiger partial charge < -0.3 is 20.5 Å². The van der Waals surface area contributed by atoms with Gasteiger partial charge in [-0.3, -0.25) is 0 Å². The number of hydrogen-bond donors (Lipinski definition) is 3. The Hall–Kier alpha value is -1.59. The number of methoxy groups -OCH3 is 1. The molecule has 1 fully saturated rings. The molecular formula is C17H26N2O3. The van der Waals surface area contributed by atoms with Gasteiger partial charge in [-0.05, 0) is 30.7 Å². The second kappa shape index (κ2) is 8.76. The van der Waals surface area contributed by atoms with Gasteiger partial charge >= 0.3 is 6.03 Å². The summed E-state index contributed by atoms with van der Waals surface area (Å²) in [5.41, 5.74) is 1.32. The molecule has 0 saturated heterocycles. The molecule has 0 radical (unpaired) electrons. The summed E-state index contributed by atoms with van der Waals surface area (Å²) in [6.45, 7) is 0.427. The van der Waals surface area contributed by atoms with Crippen molar-refractivity contribution in [3.8, 4) is 0 Å². The Kier molecular flexibility index (Phi) is 6.68. The van der Waals surface area contributed by atoms with E-state index < -0.39 is 6.10 Å². The molecule has 1 saturated carbocycles. The Morgan fingerprint density at radius 2 is 2.14 bits per heavy atom. The minimum absolute atomic E-state index is 0.204. The molecule has 122 valence electrons. The van der Waals surface area contributed by atoms with Gasteiger partial charge in [0.25, 0.3) is 0 Å². The number of rotatable bonds is 7. The zero-order valence-electron chi connectivity index (χ0n) is 13.1. The summed E-state index contributed by atoms with van der Waals surface area (Å²) in [6, 6.07) is 10.4. The van der Waals surface area contributed by atoms with Crippen molar-refractivity contribution in [3.05, 3.63) is 35.9 Å². The Bertz CT molecular complexity index is 452. The summed E-state index contributed by atoms with van der Waals surface area (Å²) in [4.78, 5) is 11.9. The lowest BCUT2D eigenvalue weighted by Crippen LogP contribution is -2.46. The average Bonchev–Trinajstić information content (AvgIpc) is 2.93. The molecule has 1 aliphatic rings. The van der Waals surface area contributed by atoms with Gasteiger partial charge in [0.05, 0.1) is 12.7 Å². The molecule has 0 aliphatic heterocycles. The van der Waals surface area contributed by atoms with E-state index in [0.29, 0.717) is 5.92 Å². The molecule has 0 bridgehead atoms. The van der Waals surface area contributed by atoms with Gasteiger partial charge in [0, 0.05) is 19.7 Å². The maximum atomic E-state index is 11.9. The number of carbonyl (C=O) groups excluding carboxylic acids is 1. The molecule has 5 nitrogen and oxygen atoms in total. The molecule has 0 heterocycles. The molecular weight excluding hydrogens is 280 g/mol. The summed E-state index contributed by atoms with van der Waals surface area (Å²) in [5.74, 6) is 0.483. The number of aliphatic hydroxyl groups excluding tert-OH is 1. The number of amides is 2. The van der Waals surface area contributed by atoms with Crippen LogP contribution in [0.2, 0.25) is 0 Å². The highest BCUT2D eigenvalue weighted by Crippen LogP contribution is 2.28. The third kappa shape index (κ3) is 5.31. The fourth-order valence-corrected chi connectivity index (χ4v) is 3.07. The predicted molar refractivity (Wildman–Crippen MR) is 85.7 cm³/mol. The molecule has 1 aromatic carbocycles. The molecule has 1 aliphatic carbocycles. The number of ether oxygens (including phenoxy) is 1. The van der Waals surface area contributed by atoms with E-state index in [1.807, 2.05) is 6.07 Å². The maximum absolute atomic E-state index is 11.9. The first-order valence-electron chi connectivity index (χ1n) is 7.94. The third-order valence-electron chi connectivity index (χ3n) is 4.17. The van der Waals surface area contributed by atoms with Crippen molar-refractivity contribution in [2.45, 2.75) is 37.8 Å². The van der Waals surface area contributed by atoms with Crippen LogP contribution in [-0.2, 0) is 11.2 Å². The van der Waals surface area contributed by atoms with Crippen molar-refractivity contribution in [2.24, 2.45) is 5.92 Å². The minimum Gasteiger partial charge on any atom is -0.389 e. The molecule has 3 unspecified atom stereocenters. The molecule has 2 amide bonds. The van der Waals surface area contributed by atoms with E-state index in [1.165, 1.54) is 12.7 Å². The van der Waals surface area contributed by atoms with E-state index in [1.54, 1.807) is 0 Å². The van der Waals surface area contributed by atoms with Crippen LogP contribution in [0, 0.1) is 5.92 Å². The monoisotopic (exact) mass is 306 g/mol. The predicted octanol–water partition coefficient (Wildman–Crippen LogP) is 1.70. The van der Waals surface area contributed by atoms with Crippen LogP contribution in [0.25, 0.3) is 0 Å². The zero-order chi connectivity index (χ0) is 15.8. The number of benzene rings is 1. The summed E-state index contributed by atoms with van der Waals surface area (Å²) < 4.78 is 4.83. The SMILES string of the molecule is COCC(O)CNC(=O)NC1CCCC1Cc1ccccc1. The number of hydrogen-bond acceptors (Lipinski definition) is 3. The summed E-state index contributed by atoms with van der Waals surface area (Å²) in [6.07, 6.45) is 3.64. The highest BCUT2D eigenvalue weighted by molar-refractivity contribution is 5.74. The van der Waals surface area contributed by atoms with Gasteiger partial charge in [0.1, 0.15) is 0 Å². The molecule has 0 aromatic heterocycles. The van der Waals surface area contributed by atoms with Crippen LogP contribution in [0.4, 0.5) is 4.79 Å². The van der Waals surface area contributed by atoms with Crippen molar-refractivity contribution in [1.82, 2.24) is 10.6 Å². The largest absolute Gasteiger partial charge is 0.389 e. The standard InChI is InChI=1S/C17H26N2O3/c1-22-12-15(20)11-18-17(21)19-16-9-5-8-14(16)10-13-6-3-2-4-7-13/h2-4,6-7,14-16,20H,5,8-12H2,1H3,(H2,18,19,21). The fraction of sp³-hybridized carbons (Fsp3) is 0.588. The van der Waals surface area contributed by atoms with Crippen molar-refractivity contribution in [2.75, 3.05) is 20.3 Å². The van der Waals surface area contributed by atoms with Gasteiger partial charge in [0.15, 0.2) is 0 Å². The van der Waals surface area contributed by atoms with E-state index in [0.717, 1.165) is 25.7 Å². The molecule has 3 atom stereocenters. The highest BCUT2D eigenvalue weighted by Gasteiger charge is 2.28. The van der Waals surface area contributed by atoms with Crippen molar-refractivity contribution >= 4 is 6.03 Å². The third-order valence-corrected chi connectivity index (χ3v) is 4.17. The summed E-state index contributed by atoms with van der Waals surface area (Å²) in [5, 5.41) is 15.3. The van der Waals surface area contributed by atoms with Gasteiger partial charge in [0.2, 0.25) is 0 Å². The maximum Gasteiger partial charge on any atom is 0.315 e. The van der Waals surface area contributed by atoms with Crippen LogP contribution >= 0.6 is 0 Å². The Balaban J connectivity index is 1.77. The van der Waals surface area contributed by atoms with Crippen LogP contribution in [-0.4, -0.2) is 43.5 Å². The van der Waals surface area contributed by atoms with E-state index in [9.17, 15) is 9.90 Å². The van der Waals surface area contributed by atoms with Crippen LogP contribution in [0.1, 0.15) is 24.8 Å². The van der Waals surface area contributed by atoms with E-state index in [4.69, 9.17) is 4.74 Å².